The maximum Gasteiger partial charge on any atom is 0.228 e. The van der Waals surface area contributed by atoms with Gasteiger partial charge in [-0.05, 0) is 31.4 Å². The molecule has 3 heterocycles. The number of aromatic amines is 1. The van der Waals surface area contributed by atoms with Crippen molar-refractivity contribution in [2.45, 2.75) is 26.2 Å². The normalized spacial score (nSPS) is 16.6. The van der Waals surface area contributed by atoms with Crippen molar-refractivity contribution in [3.8, 4) is 0 Å². The van der Waals surface area contributed by atoms with Crippen LogP contribution in [0.1, 0.15) is 22.7 Å². The lowest BCUT2D eigenvalue weighted by Crippen LogP contribution is -2.36. The first kappa shape index (κ1) is 18.7. The lowest BCUT2D eigenvalue weighted by molar-refractivity contribution is -0.130. The van der Waals surface area contributed by atoms with E-state index in [0.29, 0.717) is 26.1 Å². The fourth-order valence-corrected chi connectivity index (χ4v) is 4.37. The molecule has 1 unspecified atom stereocenters. The molecule has 1 fully saturated rings. The van der Waals surface area contributed by atoms with Gasteiger partial charge in [-0.3, -0.25) is 9.59 Å². The first-order valence-electron chi connectivity index (χ1n) is 9.61. The van der Waals surface area contributed by atoms with Crippen molar-refractivity contribution >= 4 is 34.1 Å². The Balaban J connectivity index is 1.25. The summed E-state index contributed by atoms with van der Waals surface area (Å²) in [7, 11) is 0. The second kappa shape index (κ2) is 8.14. The highest BCUT2D eigenvalue weighted by atomic mass is 32.1. The van der Waals surface area contributed by atoms with E-state index in [9.17, 15) is 9.59 Å². The predicted octanol–water partition coefficient (Wildman–Crippen LogP) is 2.68. The molecule has 0 bridgehead atoms. The highest BCUT2D eigenvalue weighted by molar-refractivity contribution is 7.09. The SMILES string of the molecule is Cc1nc(CC(=O)N2CCC(C(=O)NCCc3c[nH]c4ccccc34)C2)cs1. The lowest BCUT2D eigenvalue weighted by atomic mass is 10.1. The molecule has 1 atom stereocenters. The molecule has 2 amide bonds. The molecule has 3 aromatic rings. The van der Waals surface area contributed by atoms with Gasteiger partial charge in [0.2, 0.25) is 11.8 Å². The highest BCUT2D eigenvalue weighted by Crippen LogP contribution is 2.20. The second-order valence-corrected chi connectivity index (χ2v) is 8.32. The van der Waals surface area contributed by atoms with Crippen molar-refractivity contribution < 1.29 is 9.59 Å². The number of para-hydroxylation sites is 1. The number of nitrogens with one attached hydrogen (secondary N) is 2. The number of H-pyrrole nitrogens is 1. The maximum atomic E-state index is 12.5. The number of aromatic nitrogens is 2. The number of thiazole rings is 1. The number of hydrogen-bond acceptors (Lipinski definition) is 4. The van der Waals surface area contributed by atoms with Gasteiger partial charge in [-0.2, -0.15) is 0 Å². The number of hydrogen-bond donors (Lipinski definition) is 2. The molecule has 0 saturated carbocycles. The van der Waals surface area contributed by atoms with Crippen LogP contribution in [0.15, 0.2) is 35.8 Å². The van der Waals surface area contributed by atoms with Gasteiger partial charge in [0.05, 0.1) is 23.0 Å². The van der Waals surface area contributed by atoms with Gasteiger partial charge in [-0.1, -0.05) is 18.2 Å². The van der Waals surface area contributed by atoms with Crippen molar-refractivity contribution in [3.63, 3.8) is 0 Å². The zero-order valence-electron chi connectivity index (χ0n) is 15.9. The summed E-state index contributed by atoms with van der Waals surface area (Å²) in [4.78, 5) is 34.3. The van der Waals surface area contributed by atoms with E-state index in [1.54, 1.807) is 16.2 Å². The molecule has 1 aromatic carbocycles. The van der Waals surface area contributed by atoms with Crippen LogP contribution < -0.4 is 5.32 Å². The van der Waals surface area contributed by atoms with Crippen LogP contribution in [0.3, 0.4) is 0 Å². The third kappa shape index (κ3) is 4.09. The Morgan fingerprint density at radius 2 is 2.21 bits per heavy atom. The zero-order chi connectivity index (χ0) is 19.5. The molecule has 6 nitrogen and oxygen atoms in total. The van der Waals surface area contributed by atoms with Crippen LogP contribution >= 0.6 is 11.3 Å². The van der Waals surface area contributed by atoms with Gasteiger partial charge in [0.1, 0.15) is 0 Å². The van der Waals surface area contributed by atoms with E-state index >= 15 is 0 Å². The molecule has 1 aliphatic rings. The van der Waals surface area contributed by atoms with E-state index in [0.717, 1.165) is 29.1 Å². The van der Waals surface area contributed by atoms with E-state index in [1.165, 1.54) is 10.9 Å². The summed E-state index contributed by atoms with van der Waals surface area (Å²) < 4.78 is 0. The summed E-state index contributed by atoms with van der Waals surface area (Å²) in [6.45, 7) is 3.68. The van der Waals surface area contributed by atoms with Gasteiger partial charge >= 0.3 is 0 Å². The molecule has 2 aromatic heterocycles. The Kier molecular flexibility index (Phi) is 5.43. The molecule has 4 rings (SSSR count). The Bertz CT molecular complexity index is 993. The van der Waals surface area contributed by atoms with Gasteiger partial charge in [0.25, 0.3) is 0 Å². The summed E-state index contributed by atoms with van der Waals surface area (Å²) in [5.41, 5.74) is 3.14. The highest BCUT2D eigenvalue weighted by Gasteiger charge is 2.31. The minimum absolute atomic E-state index is 0.0413. The topological polar surface area (TPSA) is 78.1 Å². The number of carbonyl (C=O) groups excluding carboxylic acids is 2. The average Bonchev–Trinajstić information content (AvgIpc) is 3.42. The zero-order valence-corrected chi connectivity index (χ0v) is 16.7. The third-order valence-corrected chi connectivity index (χ3v) is 6.10. The van der Waals surface area contributed by atoms with E-state index < -0.39 is 0 Å². The van der Waals surface area contributed by atoms with Gasteiger partial charge in [0.15, 0.2) is 0 Å². The third-order valence-electron chi connectivity index (χ3n) is 5.28. The Hall–Kier alpha value is -2.67. The summed E-state index contributed by atoms with van der Waals surface area (Å²) in [5, 5.41) is 7.14. The van der Waals surface area contributed by atoms with E-state index in [2.05, 4.69) is 27.4 Å². The fraction of sp³-hybridized carbons (Fsp3) is 0.381. The van der Waals surface area contributed by atoms with E-state index in [1.807, 2.05) is 30.6 Å². The molecule has 0 radical (unpaired) electrons. The predicted molar refractivity (Wildman–Crippen MR) is 110 cm³/mol. The largest absolute Gasteiger partial charge is 0.361 e. The number of likely N-dealkylation sites (tertiary alicyclic amines) is 1. The number of amides is 2. The van der Waals surface area contributed by atoms with E-state index in [-0.39, 0.29) is 17.7 Å². The second-order valence-electron chi connectivity index (χ2n) is 7.26. The standard InChI is InChI=1S/C21H24N4O2S/c1-14-24-17(13-28-14)10-20(26)25-9-7-16(12-25)21(27)22-8-6-15-11-23-19-5-3-2-4-18(15)19/h2-5,11,13,16,23H,6-10,12H2,1H3,(H,22,27). The first-order valence-corrected chi connectivity index (χ1v) is 10.5. The Morgan fingerprint density at radius 3 is 3.04 bits per heavy atom. The maximum absolute atomic E-state index is 12.5. The molecular weight excluding hydrogens is 372 g/mol. The minimum atomic E-state index is -0.121. The van der Waals surface area contributed by atoms with Crippen LogP contribution in [0.5, 0.6) is 0 Å². The van der Waals surface area contributed by atoms with E-state index in [4.69, 9.17) is 0 Å². The van der Waals surface area contributed by atoms with Crippen LogP contribution in [0.25, 0.3) is 10.9 Å². The number of fused-ring (bicyclic) bond motifs is 1. The molecular formula is C21H24N4O2S. The molecule has 28 heavy (non-hydrogen) atoms. The summed E-state index contributed by atoms with van der Waals surface area (Å²) >= 11 is 1.55. The molecule has 1 aliphatic heterocycles. The molecule has 146 valence electrons. The van der Waals surface area contributed by atoms with Crippen molar-refractivity contribution in [1.29, 1.82) is 0 Å². The van der Waals surface area contributed by atoms with Crippen LogP contribution in [0.4, 0.5) is 0 Å². The Morgan fingerprint density at radius 1 is 1.36 bits per heavy atom. The van der Waals surface area contributed by atoms with Gasteiger partial charge in [-0.15, -0.1) is 11.3 Å². The smallest absolute Gasteiger partial charge is 0.228 e. The molecule has 2 N–H and O–H groups in total. The number of rotatable bonds is 6. The summed E-state index contributed by atoms with van der Waals surface area (Å²) in [5.74, 6) is -0.0249. The number of carbonyl (C=O) groups is 2. The van der Waals surface area contributed by atoms with Crippen LogP contribution in [0.2, 0.25) is 0 Å². The van der Waals surface area contributed by atoms with Crippen molar-refractivity contribution in [1.82, 2.24) is 20.2 Å². The number of nitrogens with zero attached hydrogens (tertiary/aromatic N) is 2. The molecule has 7 heteroatoms. The van der Waals surface area contributed by atoms with Gasteiger partial charge in [0, 0.05) is 42.1 Å². The summed E-state index contributed by atoms with van der Waals surface area (Å²) in [6.07, 6.45) is 3.83. The van der Waals surface area contributed by atoms with Crippen LogP contribution in [0, 0.1) is 12.8 Å². The lowest BCUT2D eigenvalue weighted by Gasteiger charge is -2.16. The Labute approximate surface area is 168 Å². The fourth-order valence-electron chi connectivity index (χ4n) is 3.76. The van der Waals surface area contributed by atoms with Gasteiger partial charge < -0.3 is 15.2 Å². The summed E-state index contributed by atoms with van der Waals surface area (Å²) in [6, 6.07) is 8.17. The van der Waals surface area contributed by atoms with Crippen molar-refractivity contribution in [2.75, 3.05) is 19.6 Å². The first-order chi connectivity index (χ1) is 13.6. The van der Waals surface area contributed by atoms with Gasteiger partial charge in [-0.25, -0.2) is 4.98 Å². The molecule has 0 aliphatic carbocycles. The number of benzene rings is 1. The van der Waals surface area contributed by atoms with Crippen molar-refractivity contribution in [2.24, 2.45) is 5.92 Å². The van der Waals surface area contributed by atoms with Crippen LogP contribution in [-0.2, 0) is 22.4 Å². The number of aryl methyl sites for hydroxylation is 1. The molecule has 0 spiro atoms. The van der Waals surface area contributed by atoms with Crippen molar-refractivity contribution in [3.05, 3.63) is 52.1 Å². The molecule has 1 saturated heterocycles. The minimum Gasteiger partial charge on any atom is -0.361 e. The monoisotopic (exact) mass is 396 g/mol. The quantitative estimate of drug-likeness (QED) is 0.672. The average molecular weight is 397 g/mol. The van der Waals surface area contributed by atoms with Crippen LogP contribution in [-0.4, -0.2) is 46.3 Å².